The molecule has 0 aromatic heterocycles. The van der Waals surface area contributed by atoms with Crippen molar-refractivity contribution in [3.8, 4) is 0 Å². The molecule has 1 aliphatic rings. The van der Waals surface area contributed by atoms with Crippen LogP contribution in [0.5, 0.6) is 0 Å². The van der Waals surface area contributed by atoms with Gasteiger partial charge in [-0.05, 0) is 41.9 Å². The minimum Gasteiger partial charge on any atom is -0.390 e. The van der Waals surface area contributed by atoms with Gasteiger partial charge in [0.05, 0.1) is 12.2 Å². The molecule has 0 aliphatic heterocycles. The van der Waals surface area contributed by atoms with Crippen molar-refractivity contribution in [1.29, 1.82) is 0 Å². The third kappa shape index (κ3) is 4.61. The van der Waals surface area contributed by atoms with Crippen molar-refractivity contribution < 1.29 is 9.84 Å². The van der Waals surface area contributed by atoms with Crippen LogP contribution in [0, 0.1) is 5.92 Å². The number of aliphatic hydroxyl groups excluding tert-OH is 1. The molecule has 3 unspecified atom stereocenters. The molecule has 3 aromatic carbocycles. The summed E-state index contributed by atoms with van der Waals surface area (Å²) in [4.78, 5) is 0. The molecule has 0 saturated heterocycles. The van der Waals surface area contributed by atoms with E-state index >= 15 is 0 Å². The number of unbranched alkanes of at least 4 members (excludes halogenated alkanes) is 1. The van der Waals surface area contributed by atoms with Gasteiger partial charge < -0.3 is 9.84 Å². The van der Waals surface area contributed by atoms with Gasteiger partial charge in [-0.1, -0.05) is 117 Å². The molecule has 3 aromatic rings. The highest BCUT2D eigenvalue weighted by atomic mass is 16.5. The van der Waals surface area contributed by atoms with Gasteiger partial charge in [0.25, 0.3) is 0 Å². The topological polar surface area (TPSA) is 29.5 Å². The van der Waals surface area contributed by atoms with Gasteiger partial charge in [-0.3, -0.25) is 0 Å². The number of aliphatic hydroxyl groups is 1. The summed E-state index contributed by atoms with van der Waals surface area (Å²) < 4.78 is 7.11. The minimum atomic E-state index is -0.762. The molecular weight excluding hydrogens is 380 g/mol. The van der Waals surface area contributed by atoms with E-state index in [4.69, 9.17) is 4.74 Å². The first-order chi connectivity index (χ1) is 15.3. The van der Waals surface area contributed by atoms with Crippen molar-refractivity contribution >= 4 is 0 Å². The lowest BCUT2D eigenvalue weighted by atomic mass is 9.77. The van der Waals surface area contributed by atoms with E-state index in [2.05, 4.69) is 79.7 Å². The molecule has 0 heterocycles. The number of rotatable bonds is 8. The van der Waals surface area contributed by atoms with Crippen LogP contribution in [-0.2, 0) is 10.3 Å². The zero-order valence-corrected chi connectivity index (χ0v) is 18.5. The molecular formula is C29H34O2. The van der Waals surface area contributed by atoms with Crippen LogP contribution in [0.3, 0.4) is 0 Å². The molecule has 1 aliphatic carbocycles. The maximum absolute atomic E-state index is 11.3. The van der Waals surface area contributed by atoms with Crippen LogP contribution in [0.2, 0.25) is 0 Å². The predicted molar refractivity (Wildman–Crippen MR) is 127 cm³/mol. The smallest absolute Gasteiger partial charge is 0.144 e. The molecule has 3 atom stereocenters. The highest BCUT2D eigenvalue weighted by Crippen LogP contribution is 2.44. The van der Waals surface area contributed by atoms with E-state index in [0.717, 1.165) is 55.2 Å². The molecule has 0 spiro atoms. The lowest BCUT2D eigenvalue weighted by Crippen LogP contribution is -2.46. The Balaban J connectivity index is 1.81. The highest BCUT2D eigenvalue weighted by molar-refractivity contribution is 5.47. The Morgan fingerprint density at radius 3 is 1.71 bits per heavy atom. The summed E-state index contributed by atoms with van der Waals surface area (Å²) >= 11 is 0. The fourth-order valence-corrected chi connectivity index (χ4v) is 5.09. The van der Waals surface area contributed by atoms with Gasteiger partial charge >= 0.3 is 0 Å². The molecule has 1 N–H and O–H groups in total. The number of ether oxygens (including phenoxy) is 1. The number of hydrogen-bond donors (Lipinski definition) is 1. The van der Waals surface area contributed by atoms with E-state index in [9.17, 15) is 5.11 Å². The van der Waals surface area contributed by atoms with Crippen molar-refractivity contribution in [2.75, 3.05) is 0 Å². The summed E-state index contributed by atoms with van der Waals surface area (Å²) in [5.41, 5.74) is 2.52. The average Bonchev–Trinajstić information content (AvgIpc) is 2.84. The Morgan fingerprint density at radius 2 is 1.26 bits per heavy atom. The van der Waals surface area contributed by atoms with Crippen molar-refractivity contribution in [3.05, 3.63) is 108 Å². The van der Waals surface area contributed by atoms with Gasteiger partial charge in [-0.15, -0.1) is 0 Å². The quantitative estimate of drug-likeness (QED) is 0.415. The largest absolute Gasteiger partial charge is 0.390 e. The van der Waals surface area contributed by atoms with Crippen molar-refractivity contribution in [2.24, 2.45) is 5.92 Å². The molecule has 31 heavy (non-hydrogen) atoms. The number of hydrogen-bond acceptors (Lipinski definition) is 2. The second-order valence-corrected chi connectivity index (χ2v) is 8.76. The van der Waals surface area contributed by atoms with E-state index in [-0.39, 0.29) is 6.10 Å². The van der Waals surface area contributed by atoms with Gasteiger partial charge in [-0.25, -0.2) is 0 Å². The zero-order chi connectivity index (χ0) is 21.5. The van der Waals surface area contributed by atoms with E-state index in [1.165, 1.54) is 0 Å². The van der Waals surface area contributed by atoms with Crippen LogP contribution >= 0.6 is 0 Å². The van der Waals surface area contributed by atoms with Crippen LogP contribution in [0.25, 0.3) is 0 Å². The van der Waals surface area contributed by atoms with Crippen molar-refractivity contribution in [1.82, 2.24) is 0 Å². The second kappa shape index (κ2) is 10.3. The maximum Gasteiger partial charge on any atom is 0.144 e. The normalized spacial score (nSPS) is 21.7. The van der Waals surface area contributed by atoms with Crippen molar-refractivity contribution in [2.45, 2.75) is 63.3 Å². The summed E-state index contributed by atoms with van der Waals surface area (Å²) in [5, 5.41) is 11.3. The van der Waals surface area contributed by atoms with E-state index < -0.39 is 11.7 Å². The van der Waals surface area contributed by atoms with Crippen molar-refractivity contribution in [3.63, 3.8) is 0 Å². The molecule has 0 radical (unpaired) electrons. The van der Waals surface area contributed by atoms with Crippen LogP contribution in [0.4, 0.5) is 0 Å². The van der Waals surface area contributed by atoms with Gasteiger partial charge in [0, 0.05) is 0 Å². The molecule has 162 valence electrons. The third-order valence-electron chi connectivity index (χ3n) is 6.73. The average molecular weight is 415 g/mol. The summed E-state index contributed by atoms with van der Waals surface area (Å²) in [6.45, 7) is 2.22. The predicted octanol–water partition coefficient (Wildman–Crippen LogP) is 6.71. The lowest BCUT2D eigenvalue weighted by Gasteiger charge is -2.43. The summed E-state index contributed by atoms with van der Waals surface area (Å²) in [5.74, 6) is 0.318. The van der Waals surface area contributed by atoms with Gasteiger partial charge in [-0.2, -0.15) is 0 Å². The first kappa shape index (κ1) is 21.8. The Kier molecular flexibility index (Phi) is 7.21. The standard InChI is InChI=1S/C29H34O2/c1-2-3-14-23-15-13-22-27(28(23)30)31-29(24-16-7-4-8-17-24,25-18-9-5-10-19-25)26-20-11-6-12-21-26/h4-12,16-21,23,27-28,30H,2-3,13-15,22H2,1H3. The van der Waals surface area contributed by atoms with Gasteiger partial charge in [0.2, 0.25) is 0 Å². The molecule has 4 rings (SSSR count). The van der Waals surface area contributed by atoms with Gasteiger partial charge in [0.1, 0.15) is 5.60 Å². The van der Waals surface area contributed by atoms with Crippen LogP contribution in [0.1, 0.15) is 62.1 Å². The second-order valence-electron chi connectivity index (χ2n) is 8.76. The summed E-state index contributed by atoms with van der Waals surface area (Å²) in [6.07, 6.45) is 5.85. The fraction of sp³-hybridized carbons (Fsp3) is 0.379. The Bertz CT molecular complexity index is 811. The first-order valence-electron chi connectivity index (χ1n) is 11.8. The van der Waals surface area contributed by atoms with E-state index in [1.54, 1.807) is 0 Å². The van der Waals surface area contributed by atoms with E-state index in [0.29, 0.717) is 5.92 Å². The van der Waals surface area contributed by atoms with E-state index in [1.807, 2.05) is 18.2 Å². The van der Waals surface area contributed by atoms with Crippen LogP contribution in [0.15, 0.2) is 91.0 Å². The lowest BCUT2D eigenvalue weighted by molar-refractivity contribution is -0.135. The Labute approximate surface area is 186 Å². The van der Waals surface area contributed by atoms with Crippen LogP contribution < -0.4 is 0 Å². The summed E-state index contributed by atoms with van der Waals surface area (Å²) in [6, 6.07) is 31.4. The fourth-order valence-electron chi connectivity index (χ4n) is 5.09. The molecule has 1 saturated carbocycles. The molecule has 2 nitrogen and oxygen atoms in total. The summed E-state index contributed by atoms with van der Waals surface area (Å²) in [7, 11) is 0. The molecule has 1 fully saturated rings. The minimum absolute atomic E-state index is 0.198. The highest BCUT2D eigenvalue weighted by Gasteiger charge is 2.43. The molecule has 2 heteroatoms. The first-order valence-corrected chi connectivity index (χ1v) is 11.8. The maximum atomic E-state index is 11.3. The Morgan fingerprint density at radius 1 is 0.774 bits per heavy atom. The Hall–Kier alpha value is -2.42. The number of benzene rings is 3. The molecule has 0 amide bonds. The van der Waals surface area contributed by atoms with Crippen LogP contribution in [-0.4, -0.2) is 17.3 Å². The third-order valence-corrected chi connectivity index (χ3v) is 6.73. The SMILES string of the molecule is CCCCC1CCCC(OC(c2ccccc2)(c2ccccc2)c2ccccc2)C1O. The van der Waals surface area contributed by atoms with Gasteiger partial charge in [0.15, 0.2) is 0 Å². The molecule has 0 bridgehead atoms. The monoisotopic (exact) mass is 414 g/mol. The zero-order valence-electron chi connectivity index (χ0n) is 18.5.